The zero-order valence-electron chi connectivity index (χ0n) is 27.4. The van der Waals surface area contributed by atoms with Gasteiger partial charge in [0.25, 0.3) is 0 Å². The quantitative estimate of drug-likeness (QED) is 0.0892. The maximum Gasteiger partial charge on any atom is 0.303 e. The van der Waals surface area contributed by atoms with Crippen molar-refractivity contribution in [1.29, 1.82) is 5.26 Å². The van der Waals surface area contributed by atoms with Crippen molar-refractivity contribution in [2.24, 2.45) is 5.41 Å². The Labute approximate surface area is 283 Å². The summed E-state index contributed by atoms with van der Waals surface area (Å²) in [5.41, 5.74) is 2.78. The Morgan fingerprint density at radius 2 is 1.80 bits per heavy atom. The number of hydrogen-bond acceptors (Lipinski definition) is 6. The molecule has 3 aromatic carbocycles. The minimum atomic E-state index is -3.58. The lowest BCUT2D eigenvalue weighted by Gasteiger charge is -2.24. The number of aryl methyl sites for hydroxylation is 3. The Morgan fingerprint density at radius 1 is 1.02 bits per heavy atom. The fraction of sp³-hybridized carbons (Fsp3) is 0.324. The first-order valence-corrected chi connectivity index (χ1v) is 17.9. The van der Waals surface area contributed by atoms with Gasteiger partial charge < -0.3 is 14.8 Å². The van der Waals surface area contributed by atoms with Crippen LogP contribution >= 0.6 is 0 Å². The van der Waals surface area contributed by atoms with Gasteiger partial charge in [0, 0.05) is 40.7 Å². The van der Waals surface area contributed by atoms with Crippen LogP contribution in [0.2, 0.25) is 0 Å². The number of sulfone groups is 1. The van der Waals surface area contributed by atoms with Crippen molar-refractivity contribution in [2.75, 3.05) is 11.5 Å². The Kier molecular flexibility index (Phi) is 10.8. The first kappa shape index (κ1) is 35.3. The molecule has 49 heavy (non-hydrogen) atoms. The molecule has 256 valence electrons. The van der Waals surface area contributed by atoms with E-state index in [4.69, 9.17) is 9.84 Å². The molecule has 0 aliphatic heterocycles. The van der Waals surface area contributed by atoms with E-state index in [-0.39, 0.29) is 52.7 Å². The largest absolute Gasteiger partial charge is 0.481 e. The van der Waals surface area contributed by atoms with E-state index in [0.29, 0.717) is 29.3 Å². The minimum absolute atomic E-state index is 0.00867. The lowest BCUT2D eigenvalue weighted by Crippen LogP contribution is -2.26. The van der Waals surface area contributed by atoms with E-state index in [1.165, 1.54) is 24.4 Å². The van der Waals surface area contributed by atoms with E-state index in [9.17, 15) is 22.9 Å². The van der Waals surface area contributed by atoms with Crippen LogP contribution in [0.5, 0.6) is 11.5 Å². The molecule has 0 bridgehead atoms. The zero-order valence-corrected chi connectivity index (χ0v) is 28.2. The molecule has 0 saturated heterocycles. The number of aliphatic carboxylic acids is 1. The molecule has 2 aromatic heterocycles. The van der Waals surface area contributed by atoms with Gasteiger partial charge in [0.2, 0.25) is 0 Å². The first-order valence-electron chi connectivity index (χ1n) is 16.0. The molecule has 5 rings (SSSR count). The van der Waals surface area contributed by atoms with Gasteiger partial charge in [-0.05, 0) is 72.9 Å². The highest BCUT2D eigenvalue weighted by Gasteiger charge is 2.27. The lowest BCUT2D eigenvalue weighted by molar-refractivity contribution is -0.136. The molecule has 0 unspecified atom stereocenters. The van der Waals surface area contributed by atoms with Crippen LogP contribution in [0.15, 0.2) is 67.0 Å². The number of rotatable bonds is 16. The number of nitrogens with one attached hydrogen (secondary N) is 2. The number of carboxylic acids is 1. The summed E-state index contributed by atoms with van der Waals surface area (Å²) in [4.78, 5) is 13.9. The number of nitriles is 1. The van der Waals surface area contributed by atoms with E-state index >= 15 is 4.39 Å². The number of ether oxygens (including phenoxy) is 1. The molecular formula is C37H38F2N4O5S. The predicted octanol–water partition coefficient (Wildman–Crippen LogP) is 7.91. The number of aromatic amines is 2. The lowest BCUT2D eigenvalue weighted by atomic mass is 9.88. The molecule has 3 N–H and O–H groups in total. The number of hydrogen-bond donors (Lipinski definition) is 3. The van der Waals surface area contributed by atoms with Gasteiger partial charge in [-0.15, -0.1) is 0 Å². The summed E-state index contributed by atoms with van der Waals surface area (Å²) in [6.45, 7) is 3.86. The van der Waals surface area contributed by atoms with Crippen LogP contribution in [0.1, 0.15) is 61.8 Å². The molecule has 5 aromatic rings. The number of unbranched alkanes of at least 4 members (excludes halogenated alkanes) is 1. The molecule has 0 atom stereocenters. The monoisotopic (exact) mass is 688 g/mol. The van der Waals surface area contributed by atoms with E-state index < -0.39 is 32.9 Å². The topological polar surface area (TPSA) is 149 Å². The molecule has 0 amide bonds. The summed E-state index contributed by atoms with van der Waals surface area (Å²) in [5.74, 6) is -2.50. The summed E-state index contributed by atoms with van der Waals surface area (Å²) in [6.07, 6.45) is 6.66. The Morgan fingerprint density at radius 3 is 2.55 bits per heavy atom. The van der Waals surface area contributed by atoms with E-state index in [1.54, 1.807) is 12.3 Å². The smallest absolute Gasteiger partial charge is 0.303 e. The van der Waals surface area contributed by atoms with Crippen molar-refractivity contribution in [3.8, 4) is 28.8 Å². The molecule has 9 nitrogen and oxygen atoms in total. The second kappa shape index (κ2) is 15.0. The third-order valence-electron chi connectivity index (χ3n) is 8.51. The average Bonchev–Trinajstić information content (AvgIpc) is 3.72. The number of carboxylic acid groups (broad SMARTS) is 1. The molecule has 12 heteroatoms. The van der Waals surface area contributed by atoms with Gasteiger partial charge in [-0.2, -0.15) is 10.4 Å². The van der Waals surface area contributed by atoms with Gasteiger partial charge in [0.05, 0.1) is 29.0 Å². The van der Waals surface area contributed by atoms with Gasteiger partial charge in [0.15, 0.2) is 21.4 Å². The molecule has 0 fully saturated rings. The van der Waals surface area contributed by atoms with Crippen LogP contribution in [-0.2, 0) is 33.9 Å². The number of aromatic nitrogens is 3. The Bertz CT molecular complexity index is 2110. The predicted molar refractivity (Wildman–Crippen MR) is 183 cm³/mol. The second-order valence-corrected chi connectivity index (χ2v) is 15.2. The molecule has 0 aliphatic rings. The van der Waals surface area contributed by atoms with Crippen molar-refractivity contribution in [3.63, 3.8) is 0 Å². The number of H-pyrrole nitrogens is 2. The van der Waals surface area contributed by atoms with Crippen LogP contribution in [0.3, 0.4) is 0 Å². The third kappa shape index (κ3) is 9.12. The number of nitrogens with zero attached hydrogens (tertiary/aromatic N) is 2. The van der Waals surface area contributed by atoms with Crippen molar-refractivity contribution in [3.05, 3.63) is 101 Å². The maximum atomic E-state index is 15.5. The average molecular weight is 689 g/mol. The van der Waals surface area contributed by atoms with Gasteiger partial charge in [0.1, 0.15) is 17.6 Å². The summed E-state index contributed by atoms with van der Waals surface area (Å²) >= 11 is 0. The molecule has 2 heterocycles. The number of fused-ring (bicyclic) bond motifs is 1. The highest BCUT2D eigenvalue weighted by molar-refractivity contribution is 7.91. The molecular weight excluding hydrogens is 650 g/mol. The zero-order chi connectivity index (χ0) is 35.2. The molecule has 0 aliphatic carbocycles. The molecule has 0 spiro atoms. The Hall–Kier alpha value is -5.02. The van der Waals surface area contributed by atoms with Gasteiger partial charge in [-0.1, -0.05) is 44.5 Å². The molecule has 0 saturated carbocycles. The fourth-order valence-corrected chi connectivity index (χ4v) is 8.15. The number of carbonyl (C=O) groups is 1. The normalized spacial score (nSPS) is 11.9. The third-order valence-corrected chi connectivity index (χ3v) is 10.6. The standard InChI is InChI=1S/C37H38F2N4O5S/c1-37(2,15-4-3-6-24-7-5-8-25(18-24)9-12-34(44)45)23-49(46,47)17-14-29-28-13-16-41-33(28)20-32(39)36(29)48-27-10-11-31(38)30(19-27)35-26(21-40)22-42-43-35/h5,7-8,10-11,13,16,18-20,22,41H,3-4,6,9,12,14-15,17,23H2,1-2H3,(H,42,43)(H,44,45). The fourth-order valence-electron chi connectivity index (χ4n) is 6.16. The first-order chi connectivity index (χ1) is 23.3. The van der Waals surface area contributed by atoms with Crippen LogP contribution in [-0.4, -0.2) is 46.2 Å². The summed E-state index contributed by atoms with van der Waals surface area (Å²) < 4.78 is 63.2. The van der Waals surface area contributed by atoms with E-state index in [0.717, 1.165) is 36.5 Å². The van der Waals surface area contributed by atoms with Crippen LogP contribution in [0.4, 0.5) is 8.78 Å². The van der Waals surface area contributed by atoms with Gasteiger partial charge in [-0.3, -0.25) is 9.89 Å². The van der Waals surface area contributed by atoms with Crippen molar-refractivity contribution < 1.29 is 31.8 Å². The van der Waals surface area contributed by atoms with Crippen LogP contribution < -0.4 is 4.74 Å². The summed E-state index contributed by atoms with van der Waals surface area (Å²) in [6, 6.07) is 16.7. The highest BCUT2D eigenvalue weighted by atomic mass is 32.2. The maximum absolute atomic E-state index is 15.5. The summed E-state index contributed by atoms with van der Waals surface area (Å²) in [7, 11) is -3.58. The van der Waals surface area contributed by atoms with Crippen molar-refractivity contribution >= 4 is 26.7 Å². The van der Waals surface area contributed by atoms with Gasteiger partial charge >= 0.3 is 5.97 Å². The highest BCUT2D eigenvalue weighted by Crippen LogP contribution is 2.37. The van der Waals surface area contributed by atoms with Crippen LogP contribution in [0.25, 0.3) is 22.2 Å². The van der Waals surface area contributed by atoms with E-state index in [2.05, 4.69) is 15.2 Å². The number of benzene rings is 3. The molecule has 0 radical (unpaired) electrons. The van der Waals surface area contributed by atoms with Gasteiger partial charge in [-0.25, -0.2) is 17.2 Å². The van der Waals surface area contributed by atoms with Crippen molar-refractivity contribution in [1.82, 2.24) is 15.2 Å². The number of halogens is 2. The van der Waals surface area contributed by atoms with Crippen LogP contribution in [0, 0.1) is 28.4 Å². The van der Waals surface area contributed by atoms with Crippen molar-refractivity contribution in [2.45, 2.75) is 58.8 Å². The Balaban J connectivity index is 1.25. The second-order valence-electron chi connectivity index (χ2n) is 13.0. The summed E-state index contributed by atoms with van der Waals surface area (Å²) in [5, 5.41) is 25.3. The minimum Gasteiger partial charge on any atom is -0.481 e. The van der Waals surface area contributed by atoms with E-state index in [1.807, 2.05) is 44.2 Å². The SMILES string of the molecule is CC(C)(CCCCc1cccc(CCC(=O)O)c1)CS(=O)(=O)CCc1c(Oc2ccc(F)c(-c3[nH]ncc3C#N)c2)c(F)cc2[nH]ccc12.